The van der Waals surface area contributed by atoms with E-state index in [4.69, 9.17) is 0 Å². The normalized spacial score (nSPS) is 24.5. The van der Waals surface area contributed by atoms with E-state index in [-0.39, 0.29) is 18.0 Å². The van der Waals surface area contributed by atoms with Crippen molar-refractivity contribution in [2.45, 2.75) is 32.9 Å². The Kier molecular flexibility index (Phi) is 3.72. The second-order valence-corrected chi connectivity index (χ2v) is 6.46. The van der Waals surface area contributed by atoms with Crippen molar-refractivity contribution >= 4 is 28.6 Å². The molecule has 21 heavy (non-hydrogen) atoms. The van der Waals surface area contributed by atoms with Crippen LogP contribution in [0.4, 0.5) is 11.4 Å². The van der Waals surface area contributed by atoms with Crippen LogP contribution >= 0.6 is 11.3 Å². The van der Waals surface area contributed by atoms with E-state index < -0.39 is 0 Å². The summed E-state index contributed by atoms with van der Waals surface area (Å²) < 4.78 is 0. The molecule has 110 valence electrons. The van der Waals surface area contributed by atoms with Crippen LogP contribution in [0.5, 0.6) is 0 Å². The number of carbonyl (C=O) groups excluding carboxylic acids is 1. The number of nitrogens with zero attached hydrogens (tertiary/aromatic N) is 1. The van der Waals surface area contributed by atoms with Crippen LogP contribution in [-0.2, 0) is 4.79 Å². The Hall–Kier alpha value is -1.81. The molecular weight excluding hydrogens is 280 g/mol. The average molecular weight is 300 g/mol. The topological polar surface area (TPSA) is 32.3 Å². The Morgan fingerprint density at radius 3 is 2.67 bits per heavy atom. The van der Waals surface area contributed by atoms with Crippen LogP contribution in [0.3, 0.4) is 0 Å². The summed E-state index contributed by atoms with van der Waals surface area (Å²) in [6.07, 6.45) is 0. The van der Waals surface area contributed by atoms with Gasteiger partial charge in [-0.3, -0.25) is 4.79 Å². The summed E-state index contributed by atoms with van der Waals surface area (Å²) >= 11 is 1.69. The largest absolute Gasteiger partial charge is 0.377 e. The molecule has 0 saturated heterocycles. The van der Waals surface area contributed by atoms with Crippen LogP contribution in [-0.4, -0.2) is 11.9 Å². The number of hydrogen-bond acceptors (Lipinski definition) is 3. The second kappa shape index (κ2) is 5.53. The van der Waals surface area contributed by atoms with E-state index in [1.165, 1.54) is 5.56 Å². The van der Waals surface area contributed by atoms with Gasteiger partial charge in [0, 0.05) is 35.6 Å². The number of thiophene rings is 1. The maximum atomic E-state index is 12.0. The zero-order valence-corrected chi connectivity index (χ0v) is 13.4. The predicted molar refractivity (Wildman–Crippen MR) is 88.9 cm³/mol. The van der Waals surface area contributed by atoms with Crippen molar-refractivity contribution in [1.29, 1.82) is 0 Å². The van der Waals surface area contributed by atoms with Gasteiger partial charge >= 0.3 is 0 Å². The van der Waals surface area contributed by atoms with Crippen molar-refractivity contribution < 1.29 is 4.79 Å². The van der Waals surface area contributed by atoms with Gasteiger partial charge < -0.3 is 10.2 Å². The smallest absolute Gasteiger partial charge is 0.224 e. The summed E-state index contributed by atoms with van der Waals surface area (Å²) in [4.78, 5) is 14.0. The predicted octanol–water partition coefficient (Wildman–Crippen LogP) is 4.29. The molecule has 3 nitrogen and oxygen atoms in total. The van der Waals surface area contributed by atoms with Crippen LogP contribution in [0.2, 0.25) is 0 Å². The van der Waals surface area contributed by atoms with Crippen molar-refractivity contribution in [1.82, 2.24) is 0 Å². The summed E-state index contributed by atoms with van der Waals surface area (Å²) in [5, 5.41) is 7.83. The average Bonchev–Trinajstić information content (AvgIpc) is 2.96. The van der Waals surface area contributed by atoms with Crippen molar-refractivity contribution in [2.75, 3.05) is 10.2 Å². The number of hydrogen-bond donors (Lipinski definition) is 1. The minimum Gasteiger partial charge on any atom is -0.377 e. The van der Waals surface area contributed by atoms with Crippen molar-refractivity contribution in [3.63, 3.8) is 0 Å². The number of anilines is 2. The molecule has 0 fully saturated rings. The molecule has 4 heteroatoms. The Labute approximate surface area is 129 Å². The molecule has 1 aliphatic rings. The lowest BCUT2D eigenvalue weighted by molar-refractivity contribution is -0.117. The lowest BCUT2D eigenvalue weighted by Crippen LogP contribution is -2.48. The fourth-order valence-corrected chi connectivity index (χ4v) is 3.77. The second-order valence-electron chi connectivity index (χ2n) is 5.68. The molecule has 0 bridgehead atoms. The van der Waals surface area contributed by atoms with Gasteiger partial charge in [-0.05, 0) is 30.0 Å². The standard InChI is InChI=1S/C17H20N2OS/c1-11-12(2)19(13(3)20)16-7-5-4-6-15(16)17(11)18-14-8-9-21-10-14/h4-12,17-18H,1-3H3/t11-,12-,17?/m0/s1. The van der Waals surface area contributed by atoms with Crippen LogP contribution in [0.25, 0.3) is 0 Å². The fourth-order valence-electron chi connectivity index (χ4n) is 3.18. The molecular formula is C17H20N2OS. The van der Waals surface area contributed by atoms with E-state index in [2.05, 4.69) is 42.1 Å². The molecule has 1 aromatic carbocycles. The summed E-state index contributed by atoms with van der Waals surface area (Å²) in [6, 6.07) is 10.7. The lowest BCUT2D eigenvalue weighted by atomic mass is 9.82. The number of benzene rings is 1. The van der Waals surface area contributed by atoms with Crippen LogP contribution in [0.15, 0.2) is 41.1 Å². The van der Waals surface area contributed by atoms with Crippen LogP contribution in [0, 0.1) is 5.92 Å². The molecule has 3 atom stereocenters. The summed E-state index contributed by atoms with van der Waals surface area (Å²) in [5.41, 5.74) is 3.38. The molecule has 1 amide bonds. The first-order valence-electron chi connectivity index (χ1n) is 7.27. The van der Waals surface area contributed by atoms with Gasteiger partial charge in [0.25, 0.3) is 0 Å². The maximum Gasteiger partial charge on any atom is 0.224 e. The molecule has 3 rings (SSSR count). The zero-order valence-electron chi connectivity index (χ0n) is 12.5. The van der Waals surface area contributed by atoms with Crippen molar-refractivity contribution in [3.05, 3.63) is 46.7 Å². The van der Waals surface area contributed by atoms with Crippen LogP contribution in [0.1, 0.15) is 32.4 Å². The van der Waals surface area contributed by atoms with Gasteiger partial charge in [0.1, 0.15) is 0 Å². The van der Waals surface area contributed by atoms with E-state index in [1.807, 2.05) is 23.1 Å². The van der Waals surface area contributed by atoms with Gasteiger partial charge in [0.05, 0.1) is 6.04 Å². The Morgan fingerprint density at radius 2 is 2.00 bits per heavy atom. The van der Waals surface area contributed by atoms with Gasteiger partial charge in [-0.1, -0.05) is 25.1 Å². The van der Waals surface area contributed by atoms with Gasteiger partial charge in [0.15, 0.2) is 0 Å². The minimum absolute atomic E-state index is 0.107. The Morgan fingerprint density at radius 1 is 1.24 bits per heavy atom. The number of amides is 1. The van der Waals surface area contributed by atoms with E-state index >= 15 is 0 Å². The van der Waals surface area contributed by atoms with E-state index in [1.54, 1.807) is 18.3 Å². The third-order valence-electron chi connectivity index (χ3n) is 4.41. The number of fused-ring (bicyclic) bond motifs is 1. The molecule has 0 spiro atoms. The van der Waals surface area contributed by atoms with Gasteiger partial charge in [-0.2, -0.15) is 11.3 Å². The highest BCUT2D eigenvalue weighted by Gasteiger charge is 2.37. The maximum absolute atomic E-state index is 12.0. The van der Waals surface area contributed by atoms with Gasteiger partial charge in [0.2, 0.25) is 5.91 Å². The van der Waals surface area contributed by atoms with E-state index in [0.29, 0.717) is 5.92 Å². The third kappa shape index (κ3) is 2.44. The van der Waals surface area contributed by atoms with Crippen molar-refractivity contribution in [3.8, 4) is 0 Å². The molecule has 1 N–H and O–H groups in total. The Balaban J connectivity index is 2.04. The SMILES string of the molecule is CC(=O)N1c2ccccc2C(Nc2ccsc2)[C@@H](C)[C@@H]1C. The molecule has 0 radical (unpaired) electrons. The highest BCUT2D eigenvalue weighted by molar-refractivity contribution is 7.08. The highest BCUT2D eigenvalue weighted by atomic mass is 32.1. The minimum atomic E-state index is 0.107. The number of para-hydroxylation sites is 1. The molecule has 2 aromatic rings. The first kappa shape index (κ1) is 14.1. The fraction of sp³-hybridized carbons (Fsp3) is 0.353. The molecule has 0 aliphatic carbocycles. The summed E-state index contributed by atoms with van der Waals surface area (Å²) in [5.74, 6) is 0.444. The monoisotopic (exact) mass is 300 g/mol. The number of rotatable bonds is 2. The van der Waals surface area contributed by atoms with Gasteiger partial charge in [-0.25, -0.2) is 0 Å². The molecule has 1 aromatic heterocycles. The first-order valence-corrected chi connectivity index (χ1v) is 8.21. The van der Waals surface area contributed by atoms with Crippen LogP contribution < -0.4 is 10.2 Å². The van der Waals surface area contributed by atoms with E-state index in [9.17, 15) is 4.79 Å². The van der Waals surface area contributed by atoms with Gasteiger partial charge in [-0.15, -0.1) is 0 Å². The molecule has 0 saturated carbocycles. The number of nitrogens with one attached hydrogen (secondary N) is 1. The molecule has 1 unspecified atom stereocenters. The third-order valence-corrected chi connectivity index (χ3v) is 5.09. The summed E-state index contributed by atoms with van der Waals surface area (Å²) in [6.45, 7) is 5.98. The van der Waals surface area contributed by atoms with E-state index in [0.717, 1.165) is 11.4 Å². The number of carbonyl (C=O) groups is 1. The first-order chi connectivity index (χ1) is 10.1. The quantitative estimate of drug-likeness (QED) is 0.897. The zero-order chi connectivity index (χ0) is 15.0. The van der Waals surface area contributed by atoms with Crippen molar-refractivity contribution in [2.24, 2.45) is 5.92 Å². The molecule has 1 aliphatic heterocycles. The lowest BCUT2D eigenvalue weighted by Gasteiger charge is -2.44. The summed E-state index contributed by atoms with van der Waals surface area (Å²) in [7, 11) is 0. The Bertz CT molecular complexity index is 638. The molecule has 2 heterocycles. The highest BCUT2D eigenvalue weighted by Crippen LogP contribution is 2.42.